The van der Waals surface area contributed by atoms with E-state index in [1.54, 1.807) is 0 Å². The molecule has 152 valence electrons. The standard InChI is InChI=1S/C24H38O3/c1-3-9-22(10-4-2)18(7-8-21(22)25)17-5-6-19-20-16-24(26-13-14-27-24)12-11-23(19,20)15-17/h17-20H,3-16H2,1-2H3/t17?,18?,19?,20?,23-/m1/s1. The summed E-state index contributed by atoms with van der Waals surface area (Å²) < 4.78 is 12.1. The third-order valence-electron chi connectivity index (χ3n) is 9.57. The predicted octanol–water partition coefficient (Wildman–Crippen LogP) is 5.51. The second kappa shape index (κ2) is 6.55. The van der Waals surface area contributed by atoms with Crippen LogP contribution in [0.1, 0.15) is 90.9 Å². The molecule has 0 aromatic heterocycles. The maximum Gasteiger partial charge on any atom is 0.168 e. The summed E-state index contributed by atoms with van der Waals surface area (Å²) in [4.78, 5) is 13.0. The highest BCUT2D eigenvalue weighted by molar-refractivity contribution is 5.87. The molecule has 4 aliphatic carbocycles. The van der Waals surface area contributed by atoms with Crippen LogP contribution in [0.5, 0.6) is 0 Å². The van der Waals surface area contributed by atoms with Crippen molar-refractivity contribution in [3.63, 3.8) is 0 Å². The van der Waals surface area contributed by atoms with Gasteiger partial charge in [-0.05, 0) is 74.0 Å². The topological polar surface area (TPSA) is 35.5 Å². The lowest BCUT2D eigenvalue weighted by Gasteiger charge is -2.43. The number of hydrogen-bond acceptors (Lipinski definition) is 3. The summed E-state index contributed by atoms with van der Waals surface area (Å²) in [7, 11) is 0. The van der Waals surface area contributed by atoms with Gasteiger partial charge in [-0.2, -0.15) is 0 Å². The maximum atomic E-state index is 13.0. The van der Waals surface area contributed by atoms with Gasteiger partial charge in [0.05, 0.1) is 13.2 Å². The Labute approximate surface area is 164 Å². The van der Waals surface area contributed by atoms with Gasteiger partial charge < -0.3 is 9.47 Å². The number of ketones is 1. The molecule has 0 amide bonds. The van der Waals surface area contributed by atoms with E-state index in [1.165, 1.54) is 32.1 Å². The van der Waals surface area contributed by atoms with Crippen molar-refractivity contribution in [2.45, 2.75) is 96.7 Å². The van der Waals surface area contributed by atoms with Gasteiger partial charge in [0.1, 0.15) is 5.78 Å². The largest absolute Gasteiger partial charge is 0.348 e. The number of carbonyl (C=O) groups excluding carboxylic acids is 1. The van der Waals surface area contributed by atoms with Crippen molar-refractivity contribution >= 4 is 5.78 Å². The molecule has 5 atom stereocenters. The molecule has 1 saturated heterocycles. The molecule has 27 heavy (non-hydrogen) atoms. The molecule has 5 fully saturated rings. The minimum Gasteiger partial charge on any atom is -0.348 e. The first-order valence-electron chi connectivity index (χ1n) is 11.9. The summed E-state index contributed by atoms with van der Waals surface area (Å²) in [5, 5.41) is 0. The molecule has 0 aromatic carbocycles. The molecule has 4 saturated carbocycles. The smallest absolute Gasteiger partial charge is 0.168 e. The highest BCUT2D eigenvalue weighted by Gasteiger charge is 2.71. The van der Waals surface area contributed by atoms with Gasteiger partial charge in [0.2, 0.25) is 0 Å². The minimum atomic E-state index is -0.222. The van der Waals surface area contributed by atoms with Gasteiger partial charge in [-0.25, -0.2) is 0 Å². The fourth-order valence-corrected chi connectivity index (χ4v) is 8.60. The monoisotopic (exact) mass is 374 g/mol. The second-order valence-electron chi connectivity index (χ2n) is 10.5. The van der Waals surface area contributed by atoms with Crippen molar-refractivity contribution in [2.75, 3.05) is 13.2 Å². The van der Waals surface area contributed by atoms with Crippen LogP contribution < -0.4 is 0 Å². The van der Waals surface area contributed by atoms with Crippen molar-refractivity contribution in [3.05, 3.63) is 0 Å². The van der Waals surface area contributed by atoms with Crippen LogP contribution in [0, 0.1) is 34.5 Å². The highest BCUT2D eigenvalue weighted by atomic mass is 16.7. The third-order valence-corrected chi connectivity index (χ3v) is 9.57. The van der Waals surface area contributed by atoms with E-state index < -0.39 is 0 Å². The molecule has 4 unspecified atom stereocenters. The summed E-state index contributed by atoms with van der Waals surface area (Å²) in [6.45, 7) is 6.12. The van der Waals surface area contributed by atoms with E-state index in [0.29, 0.717) is 17.1 Å². The Kier molecular flexibility index (Phi) is 4.52. The summed E-state index contributed by atoms with van der Waals surface area (Å²) in [6.07, 6.45) is 14.3. The molecule has 5 aliphatic rings. The first-order chi connectivity index (χ1) is 13.1. The molecule has 5 rings (SSSR count). The van der Waals surface area contributed by atoms with Gasteiger partial charge >= 0.3 is 0 Å². The summed E-state index contributed by atoms with van der Waals surface area (Å²) in [5.74, 6) is 3.59. The van der Waals surface area contributed by atoms with E-state index >= 15 is 0 Å². The van der Waals surface area contributed by atoms with Crippen LogP contribution in [0.4, 0.5) is 0 Å². The SMILES string of the molecule is CCCC1(CCC)C(=O)CCC1C1CCC2C3CC4(CC[C@@]23C1)OCCO4. The zero-order valence-corrected chi connectivity index (χ0v) is 17.4. The maximum absolute atomic E-state index is 13.0. The number of rotatable bonds is 5. The Morgan fingerprint density at radius 2 is 1.63 bits per heavy atom. The van der Waals surface area contributed by atoms with E-state index in [9.17, 15) is 4.79 Å². The quantitative estimate of drug-likeness (QED) is 0.636. The summed E-state index contributed by atoms with van der Waals surface area (Å²) >= 11 is 0. The van der Waals surface area contributed by atoms with Crippen LogP contribution in [0.2, 0.25) is 0 Å². The van der Waals surface area contributed by atoms with Gasteiger partial charge in [0.15, 0.2) is 5.79 Å². The predicted molar refractivity (Wildman–Crippen MR) is 105 cm³/mol. The van der Waals surface area contributed by atoms with Gasteiger partial charge in [-0.3, -0.25) is 4.79 Å². The number of carbonyl (C=O) groups is 1. The number of fused-ring (bicyclic) bond motifs is 1. The lowest BCUT2D eigenvalue weighted by molar-refractivity contribution is -0.185. The van der Waals surface area contributed by atoms with E-state index in [0.717, 1.165) is 75.9 Å². The normalized spacial score (nSPS) is 44.3. The first kappa shape index (κ1) is 18.6. The number of Topliss-reactive ketones (excluding diaryl/α,β-unsaturated/α-hetero) is 1. The van der Waals surface area contributed by atoms with E-state index in [2.05, 4.69) is 13.8 Å². The van der Waals surface area contributed by atoms with Gasteiger partial charge in [0, 0.05) is 24.7 Å². The molecule has 3 nitrogen and oxygen atoms in total. The lowest BCUT2D eigenvalue weighted by Crippen LogP contribution is -2.40. The van der Waals surface area contributed by atoms with Crippen LogP contribution in [0.25, 0.3) is 0 Å². The molecule has 3 heteroatoms. The highest BCUT2D eigenvalue weighted by Crippen LogP contribution is 2.76. The molecule has 0 aromatic rings. The minimum absolute atomic E-state index is 0.0234. The number of ether oxygens (including phenoxy) is 2. The fourth-order valence-electron chi connectivity index (χ4n) is 8.60. The Balaban J connectivity index is 1.34. The molecular weight excluding hydrogens is 336 g/mol. The molecule has 1 aliphatic heterocycles. The van der Waals surface area contributed by atoms with Crippen molar-refractivity contribution in [1.29, 1.82) is 0 Å². The van der Waals surface area contributed by atoms with Gasteiger partial charge in [-0.1, -0.05) is 26.7 Å². The Hall–Kier alpha value is -0.410. The second-order valence-corrected chi connectivity index (χ2v) is 10.5. The van der Waals surface area contributed by atoms with Crippen molar-refractivity contribution in [1.82, 2.24) is 0 Å². The summed E-state index contributed by atoms with van der Waals surface area (Å²) in [6, 6.07) is 0. The molecular formula is C24H38O3. The number of hydrogen-bond donors (Lipinski definition) is 0. The van der Waals surface area contributed by atoms with Gasteiger partial charge in [0.25, 0.3) is 0 Å². The van der Waals surface area contributed by atoms with Crippen LogP contribution in [-0.4, -0.2) is 24.8 Å². The average Bonchev–Trinajstić information content (AvgIpc) is 2.91. The average molecular weight is 375 g/mol. The molecule has 0 bridgehead atoms. The molecule has 2 spiro atoms. The first-order valence-corrected chi connectivity index (χ1v) is 11.9. The lowest BCUT2D eigenvalue weighted by atomic mass is 9.61. The van der Waals surface area contributed by atoms with E-state index in [-0.39, 0.29) is 11.2 Å². The summed E-state index contributed by atoms with van der Waals surface area (Å²) in [5.41, 5.74) is 0.606. The van der Waals surface area contributed by atoms with Crippen LogP contribution in [-0.2, 0) is 14.3 Å². The van der Waals surface area contributed by atoms with Crippen molar-refractivity contribution in [3.8, 4) is 0 Å². The Morgan fingerprint density at radius 1 is 0.889 bits per heavy atom. The Morgan fingerprint density at radius 3 is 2.33 bits per heavy atom. The Bertz CT molecular complexity index is 586. The van der Waals surface area contributed by atoms with Crippen LogP contribution in [0.3, 0.4) is 0 Å². The van der Waals surface area contributed by atoms with E-state index in [1.807, 2.05) is 0 Å². The van der Waals surface area contributed by atoms with Gasteiger partial charge in [-0.15, -0.1) is 0 Å². The third kappa shape index (κ3) is 2.63. The van der Waals surface area contributed by atoms with E-state index in [4.69, 9.17) is 9.47 Å². The van der Waals surface area contributed by atoms with Crippen LogP contribution in [0.15, 0.2) is 0 Å². The molecule has 1 heterocycles. The van der Waals surface area contributed by atoms with Crippen molar-refractivity contribution in [2.24, 2.45) is 34.5 Å². The zero-order chi connectivity index (χ0) is 18.7. The van der Waals surface area contributed by atoms with Crippen molar-refractivity contribution < 1.29 is 14.3 Å². The zero-order valence-electron chi connectivity index (χ0n) is 17.4. The molecule has 0 N–H and O–H groups in total. The fraction of sp³-hybridized carbons (Fsp3) is 0.958. The molecule has 0 radical (unpaired) electrons. The van der Waals surface area contributed by atoms with Crippen LogP contribution >= 0.6 is 0 Å².